The maximum absolute atomic E-state index is 12.4. The van der Waals surface area contributed by atoms with Gasteiger partial charge in [0.1, 0.15) is 13.2 Å². The first-order valence-electron chi connectivity index (χ1n) is 9.75. The molecular weight excluding hydrogens is 368 g/mol. The van der Waals surface area contributed by atoms with E-state index in [-0.39, 0.29) is 23.8 Å². The number of carbonyl (C=O) groups is 2. The smallest absolute Gasteiger partial charge is 0.251 e. The summed E-state index contributed by atoms with van der Waals surface area (Å²) in [6.45, 7) is 7.80. The molecule has 1 aliphatic rings. The quantitative estimate of drug-likeness (QED) is 0.843. The highest BCUT2D eigenvalue weighted by Crippen LogP contribution is 2.31. The van der Waals surface area contributed by atoms with Crippen molar-refractivity contribution in [3.05, 3.63) is 59.2 Å². The van der Waals surface area contributed by atoms with E-state index in [0.717, 1.165) is 16.9 Å². The molecule has 1 aliphatic heterocycles. The van der Waals surface area contributed by atoms with Gasteiger partial charge in [0, 0.05) is 19.2 Å². The number of fused-ring (bicyclic) bond motifs is 1. The van der Waals surface area contributed by atoms with Gasteiger partial charge in [-0.15, -0.1) is 0 Å². The van der Waals surface area contributed by atoms with E-state index in [1.807, 2.05) is 30.3 Å². The third-order valence-corrected chi connectivity index (χ3v) is 4.87. The fourth-order valence-electron chi connectivity index (χ4n) is 3.06. The van der Waals surface area contributed by atoms with Crippen LogP contribution in [0, 0.1) is 0 Å². The molecule has 3 rings (SSSR count). The van der Waals surface area contributed by atoms with Gasteiger partial charge in [0.15, 0.2) is 11.5 Å². The Morgan fingerprint density at radius 2 is 1.66 bits per heavy atom. The Balaban J connectivity index is 1.52. The molecule has 6 heteroatoms. The molecule has 0 saturated carbocycles. The van der Waals surface area contributed by atoms with Gasteiger partial charge in [0.05, 0.1) is 6.54 Å². The molecule has 2 aromatic carbocycles. The topological polar surface area (TPSA) is 67.9 Å². The zero-order valence-corrected chi connectivity index (χ0v) is 17.5. The van der Waals surface area contributed by atoms with Gasteiger partial charge in [-0.1, -0.05) is 39.0 Å². The van der Waals surface area contributed by atoms with Crippen LogP contribution in [0.25, 0.3) is 0 Å². The van der Waals surface area contributed by atoms with Crippen LogP contribution in [0.2, 0.25) is 0 Å². The first-order chi connectivity index (χ1) is 13.7. The summed E-state index contributed by atoms with van der Waals surface area (Å²) in [5.74, 6) is 0.992. The summed E-state index contributed by atoms with van der Waals surface area (Å²) >= 11 is 0. The number of amides is 2. The standard InChI is InChI=1S/C23H28N2O4/c1-23(2,3)18-8-6-17(7-9-18)22(27)24-14-21(26)25(4)15-16-5-10-19-20(13-16)29-12-11-28-19/h5-10,13H,11-12,14-15H2,1-4H3,(H,24,27). The van der Waals surface area contributed by atoms with Crippen LogP contribution in [0.4, 0.5) is 0 Å². The van der Waals surface area contributed by atoms with E-state index in [2.05, 4.69) is 26.1 Å². The van der Waals surface area contributed by atoms with Crippen molar-refractivity contribution in [3.8, 4) is 11.5 Å². The Kier molecular flexibility index (Phi) is 6.11. The molecule has 1 heterocycles. The molecule has 0 atom stereocenters. The van der Waals surface area contributed by atoms with Crippen LogP contribution in [0.5, 0.6) is 11.5 Å². The monoisotopic (exact) mass is 396 g/mol. The second-order valence-corrected chi connectivity index (χ2v) is 8.24. The van der Waals surface area contributed by atoms with Gasteiger partial charge in [0.2, 0.25) is 5.91 Å². The van der Waals surface area contributed by atoms with Crippen LogP contribution in [0.15, 0.2) is 42.5 Å². The third kappa shape index (κ3) is 5.28. The number of likely N-dealkylation sites (N-methyl/N-ethyl adjacent to an activating group) is 1. The molecule has 0 unspecified atom stereocenters. The summed E-state index contributed by atoms with van der Waals surface area (Å²) in [7, 11) is 1.71. The molecule has 1 N–H and O–H groups in total. The van der Waals surface area contributed by atoms with E-state index < -0.39 is 0 Å². The van der Waals surface area contributed by atoms with E-state index in [4.69, 9.17) is 9.47 Å². The van der Waals surface area contributed by atoms with Crippen LogP contribution in [-0.4, -0.2) is 43.5 Å². The molecule has 29 heavy (non-hydrogen) atoms. The van der Waals surface area contributed by atoms with Crippen LogP contribution < -0.4 is 14.8 Å². The van der Waals surface area contributed by atoms with Gasteiger partial charge in [0.25, 0.3) is 5.91 Å². The molecule has 0 fully saturated rings. The van der Waals surface area contributed by atoms with Gasteiger partial charge in [-0.05, 0) is 40.8 Å². The lowest BCUT2D eigenvalue weighted by Crippen LogP contribution is -2.37. The lowest BCUT2D eigenvalue weighted by Gasteiger charge is -2.21. The van der Waals surface area contributed by atoms with Gasteiger partial charge < -0.3 is 19.7 Å². The fourth-order valence-corrected chi connectivity index (χ4v) is 3.06. The zero-order valence-electron chi connectivity index (χ0n) is 17.5. The summed E-state index contributed by atoms with van der Waals surface area (Å²) in [5.41, 5.74) is 2.67. The van der Waals surface area contributed by atoms with Gasteiger partial charge in [-0.2, -0.15) is 0 Å². The van der Waals surface area contributed by atoms with Crippen molar-refractivity contribution < 1.29 is 19.1 Å². The lowest BCUT2D eigenvalue weighted by molar-refractivity contribution is -0.129. The Morgan fingerprint density at radius 1 is 1.00 bits per heavy atom. The van der Waals surface area contributed by atoms with Crippen molar-refractivity contribution in [2.75, 3.05) is 26.8 Å². The zero-order chi connectivity index (χ0) is 21.0. The predicted molar refractivity (Wildman–Crippen MR) is 111 cm³/mol. The minimum absolute atomic E-state index is 0.0293. The number of nitrogens with zero attached hydrogens (tertiary/aromatic N) is 1. The second-order valence-electron chi connectivity index (χ2n) is 8.24. The number of ether oxygens (including phenoxy) is 2. The van der Waals surface area contributed by atoms with Crippen LogP contribution in [-0.2, 0) is 16.8 Å². The van der Waals surface area contributed by atoms with Gasteiger partial charge in [-0.3, -0.25) is 9.59 Å². The highest BCUT2D eigenvalue weighted by molar-refractivity contribution is 5.96. The van der Waals surface area contributed by atoms with Crippen molar-refractivity contribution in [1.82, 2.24) is 10.2 Å². The van der Waals surface area contributed by atoms with Gasteiger partial charge >= 0.3 is 0 Å². The Morgan fingerprint density at radius 3 is 2.31 bits per heavy atom. The average Bonchev–Trinajstić information content (AvgIpc) is 2.71. The van der Waals surface area contributed by atoms with Gasteiger partial charge in [-0.25, -0.2) is 0 Å². The summed E-state index contributed by atoms with van der Waals surface area (Å²) in [5, 5.41) is 2.70. The molecular formula is C23H28N2O4. The van der Waals surface area contributed by atoms with Crippen LogP contribution in [0.3, 0.4) is 0 Å². The van der Waals surface area contributed by atoms with E-state index in [0.29, 0.717) is 31.1 Å². The number of carbonyl (C=O) groups excluding carboxylic acids is 2. The second kappa shape index (κ2) is 8.55. The normalized spacial score (nSPS) is 13.0. The number of hydrogen-bond donors (Lipinski definition) is 1. The van der Waals surface area contributed by atoms with E-state index >= 15 is 0 Å². The molecule has 0 saturated heterocycles. The summed E-state index contributed by atoms with van der Waals surface area (Å²) in [4.78, 5) is 26.3. The Bertz CT molecular complexity index is 885. The molecule has 0 aromatic heterocycles. The average molecular weight is 396 g/mol. The third-order valence-electron chi connectivity index (χ3n) is 4.87. The molecule has 2 amide bonds. The Labute approximate surface area is 171 Å². The molecule has 0 radical (unpaired) electrons. The number of rotatable bonds is 5. The first-order valence-corrected chi connectivity index (χ1v) is 9.75. The largest absolute Gasteiger partial charge is 0.486 e. The number of benzene rings is 2. The molecule has 0 spiro atoms. The minimum atomic E-state index is -0.258. The SMILES string of the molecule is CN(Cc1ccc2c(c1)OCCO2)C(=O)CNC(=O)c1ccc(C(C)(C)C)cc1. The van der Waals surface area contributed by atoms with Crippen molar-refractivity contribution in [3.63, 3.8) is 0 Å². The fraction of sp³-hybridized carbons (Fsp3) is 0.391. The summed E-state index contributed by atoms with van der Waals surface area (Å²) < 4.78 is 11.1. The van der Waals surface area contributed by atoms with Crippen molar-refractivity contribution in [2.24, 2.45) is 0 Å². The summed E-state index contributed by atoms with van der Waals surface area (Å²) in [6, 6.07) is 13.1. The highest BCUT2D eigenvalue weighted by Gasteiger charge is 2.17. The molecule has 0 aliphatic carbocycles. The molecule has 6 nitrogen and oxygen atoms in total. The predicted octanol–water partition coefficient (Wildman–Crippen LogP) is 3.14. The number of nitrogens with one attached hydrogen (secondary N) is 1. The maximum atomic E-state index is 12.4. The summed E-state index contributed by atoms with van der Waals surface area (Å²) in [6.07, 6.45) is 0. The Hall–Kier alpha value is -3.02. The van der Waals surface area contributed by atoms with E-state index in [1.165, 1.54) is 0 Å². The number of hydrogen-bond acceptors (Lipinski definition) is 4. The minimum Gasteiger partial charge on any atom is -0.486 e. The molecule has 2 aromatic rings. The maximum Gasteiger partial charge on any atom is 0.251 e. The molecule has 154 valence electrons. The van der Waals surface area contributed by atoms with Crippen molar-refractivity contribution in [1.29, 1.82) is 0 Å². The van der Waals surface area contributed by atoms with Crippen molar-refractivity contribution in [2.45, 2.75) is 32.7 Å². The van der Waals surface area contributed by atoms with Crippen molar-refractivity contribution >= 4 is 11.8 Å². The van der Waals surface area contributed by atoms with Crippen LogP contribution in [0.1, 0.15) is 42.3 Å². The molecule has 0 bridgehead atoms. The van der Waals surface area contributed by atoms with Crippen LogP contribution >= 0.6 is 0 Å². The lowest BCUT2D eigenvalue weighted by atomic mass is 9.87. The highest BCUT2D eigenvalue weighted by atomic mass is 16.6. The van der Waals surface area contributed by atoms with E-state index in [9.17, 15) is 9.59 Å². The van der Waals surface area contributed by atoms with E-state index in [1.54, 1.807) is 24.1 Å². The first kappa shape index (κ1) is 20.7.